The second-order valence-corrected chi connectivity index (χ2v) is 10.4. The van der Waals surface area contributed by atoms with Crippen molar-refractivity contribution >= 4 is 17.3 Å². The van der Waals surface area contributed by atoms with Crippen LogP contribution in [0.5, 0.6) is 0 Å². The number of ketones is 3. The predicted octanol–water partition coefficient (Wildman–Crippen LogP) is 5.01. The second-order valence-electron chi connectivity index (χ2n) is 10.4. The number of allylic oxidation sites excluding steroid dienone is 2. The first kappa shape index (κ1) is 21.5. The first-order valence-electron chi connectivity index (χ1n) is 10.5. The lowest BCUT2D eigenvalue weighted by Gasteiger charge is -2.38. The number of aliphatic hydroxyl groups excluding tert-OH is 1. The number of aryl methyl sites for hydroxylation is 1. The second kappa shape index (κ2) is 7.89. The van der Waals surface area contributed by atoms with Gasteiger partial charge in [-0.2, -0.15) is 0 Å². The summed E-state index contributed by atoms with van der Waals surface area (Å²) in [6, 6.07) is 9.86. The Morgan fingerprint density at radius 3 is 2.00 bits per heavy atom. The molecule has 1 aromatic carbocycles. The zero-order valence-corrected chi connectivity index (χ0v) is 18.0. The zero-order valence-electron chi connectivity index (χ0n) is 18.0. The van der Waals surface area contributed by atoms with E-state index < -0.39 is 11.8 Å². The lowest BCUT2D eigenvalue weighted by molar-refractivity contribution is -0.141. The van der Waals surface area contributed by atoms with Gasteiger partial charge in [0.2, 0.25) is 0 Å². The van der Waals surface area contributed by atoms with Crippen molar-refractivity contribution in [3.05, 3.63) is 47.2 Å². The summed E-state index contributed by atoms with van der Waals surface area (Å²) in [7, 11) is 0. The topological polar surface area (TPSA) is 71.4 Å². The molecule has 1 aromatic rings. The maximum atomic E-state index is 13.0. The fraction of sp³-hybridized carbons (Fsp3) is 0.560. The molecule has 1 N–H and O–H groups in total. The molecule has 156 valence electrons. The van der Waals surface area contributed by atoms with Gasteiger partial charge in [0, 0.05) is 37.2 Å². The number of benzene rings is 1. The number of hydrogen-bond acceptors (Lipinski definition) is 4. The summed E-state index contributed by atoms with van der Waals surface area (Å²) in [6.07, 6.45) is 2.54. The van der Waals surface area contributed by atoms with Crippen LogP contribution in [-0.2, 0) is 20.8 Å². The molecule has 4 heteroatoms. The van der Waals surface area contributed by atoms with E-state index in [0.717, 1.165) is 5.56 Å². The third kappa shape index (κ3) is 4.85. The number of hydrogen-bond donors (Lipinski definition) is 1. The molecule has 3 rings (SSSR count). The Hall–Kier alpha value is -2.23. The molecule has 1 atom stereocenters. The van der Waals surface area contributed by atoms with Crippen LogP contribution in [0.15, 0.2) is 41.7 Å². The molecular formula is C25H32O4. The van der Waals surface area contributed by atoms with Gasteiger partial charge in [-0.05, 0) is 29.2 Å². The van der Waals surface area contributed by atoms with E-state index in [0.29, 0.717) is 44.1 Å². The largest absolute Gasteiger partial charge is 0.512 e. The quantitative estimate of drug-likeness (QED) is 0.710. The molecule has 29 heavy (non-hydrogen) atoms. The molecule has 4 nitrogen and oxygen atoms in total. The van der Waals surface area contributed by atoms with E-state index in [1.165, 1.54) is 0 Å². The zero-order chi connectivity index (χ0) is 21.4. The lowest BCUT2D eigenvalue weighted by Crippen LogP contribution is -2.44. The van der Waals surface area contributed by atoms with E-state index in [4.69, 9.17) is 0 Å². The minimum absolute atomic E-state index is 0.0646. The highest BCUT2D eigenvalue weighted by Crippen LogP contribution is 2.45. The van der Waals surface area contributed by atoms with Gasteiger partial charge in [-0.1, -0.05) is 58.0 Å². The Morgan fingerprint density at radius 1 is 0.897 bits per heavy atom. The molecule has 0 saturated heterocycles. The smallest absolute Gasteiger partial charge is 0.163 e. The van der Waals surface area contributed by atoms with Gasteiger partial charge >= 0.3 is 0 Å². The van der Waals surface area contributed by atoms with Crippen molar-refractivity contribution in [1.82, 2.24) is 0 Å². The number of rotatable bonds is 5. The molecule has 0 aromatic heterocycles. The number of carbonyl (C=O) groups is 3. The Balaban J connectivity index is 1.97. The molecular weight excluding hydrogens is 364 g/mol. The van der Waals surface area contributed by atoms with Gasteiger partial charge in [-0.3, -0.25) is 14.4 Å². The van der Waals surface area contributed by atoms with Crippen LogP contribution < -0.4 is 0 Å². The van der Waals surface area contributed by atoms with E-state index in [-0.39, 0.29) is 33.9 Å². The molecule has 1 fully saturated rings. The molecule has 2 aliphatic carbocycles. The van der Waals surface area contributed by atoms with E-state index in [2.05, 4.69) is 0 Å². The first-order valence-corrected chi connectivity index (χ1v) is 10.5. The van der Waals surface area contributed by atoms with Crippen LogP contribution in [-0.4, -0.2) is 22.5 Å². The lowest BCUT2D eigenvalue weighted by atomic mass is 9.63. The highest BCUT2D eigenvalue weighted by Gasteiger charge is 2.47. The van der Waals surface area contributed by atoms with Crippen LogP contribution in [0.3, 0.4) is 0 Å². The highest BCUT2D eigenvalue weighted by atomic mass is 16.3. The highest BCUT2D eigenvalue weighted by molar-refractivity contribution is 6.08. The van der Waals surface area contributed by atoms with Gasteiger partial charge in [0.05, 0.1) is 11.7 Å². The summed E-state index contributed by atoms with van der Waals surface area (Å²) in [5.74, 6) is -1.62. The van der Waals surface area contributed by atoms with Gasteiger partial charge in [0.25, 0.3) is 0 Å². The minimum atomic E-state index is -0.825. The van der Waals surface area contributed by atoms with Crippen LogP contribution in [0, 0.1) is 22.7 Å². The van der Waals surface area contributed by atoms with Gasteiger partial charge in [-0.25, -0.2) is 0 Å². The number of carbonyl (C=O) groups excluding carboxylic acids is 3. The molecule has 1 unspecified atom stereocenters. The molecule has 2 aliphatic rings. The normalized spacial score (nSPS) is 23.4. The third-order valence-corrected chi connectivity index (χ3v) is 6.26. The Bertz CT molecular complexity index is 825. The monoisotopic (exact) mass is 396 g/mol. The fourth-order valence-electron chi connectivity index (χ4n) is 5.02. The van der Waals surface area contributed by atoms with Gasteiger partial charge < -0.3 is 5.11 Å². The molecule has 1 saturated carbocycles. The van der Waals surface area contributed by atoms with E-state index >= 15 is 0 Å². The molecule has 0 spiro atoms. The molecule has 0 amide bonds. The molecule has 0 radical (unpaired) electrons. The maximum absolute atomic E-state index is 13.0. The summed E-state index contributed by atoms with van der Waals surface area (Å²) in [6.45, 7) is 7.78. The van der Waals surface area contributed by atoms with Crippen molar-refractivity contribution in [2.45, 2.75) is 66.2 Å². The van der Waals surface area contributed by atoms with Crippen LogP contribution in [0.2, 0.25) is 0 Å². The number of aliphatic hydroxyl groups is 1. The standard InChI is InChI=1S/C25H32O4/c1-24(2)12-18(26)22(19(27)13-24)17(11-10-16-8-6-5-7-9-16)23-20(28)14-25(3,4)15-21(23)29/h5-9,17,22,28H,10-15H2,1-4H3. The van der Waals surface area contributed by atoms with Gasteiger partial charge in [-0.15, -0.1) is 0 Å². The van der Waals surface area contributed by atoms with E-state index in [1.807, 2.05) is 58.0 Å². The molecule has 0 heterocycles. The number of Topliss-reactive ketones (excluding diaryl/α,β-unsaturated/α-hetero) is 3. The molecule has 0 bridgehead atoms. The average molecular weight is 397 g/mol. The minimum Gasteiger partial charge on any atom is -0.512 e. The summed E-state index contributed by atoms with van der Waals surface area (Å²) in [5.41, 5.74) is 0.768. The summed E-state index contributed by atoms with van der Waals surface area (Å²) < 4.78 is 0. The van der Waals surface area contributed by atoms with Crippen molar-refractivity contribution in [1.29, 1.82) is 0 Å². The Kier molecular flexibility index (Phi) is 5.84. The average Bonchev–Trinajstić information content (AvgIpc) is 2.56. The van der Waals surface area contributed by atoms with Crippen molar-refractivity contribution < 1.29 is 19.5 Å². The SMILES string of the molecule is CC1(C)CC(=O)C(C(CCc2ccccc2)C2=C(O)CC(C)(C)CC2=O)C(=O)C1. The predicted molar refractivity (Wildman–Crippen MR) is 112 cm³/mol. The van der Waals surface area contributed by atoms with Gasteiger partial charge in [0.1, 0.15) is 11.6 Å². The fourth-order valence-corrected chi connectivity index (χ4v) is 5.02. The Labute approximate surface area is 173 Å². The van der Waals surface area contributed by atoms with Gasteiger partial charge in [0.15, 0.2) is 5.78 Å². The van der Waals surface area contributed by atoms with Crippen molar-refractivity contribution in [3.8, 4) is 0 Å². The van der Waals surface area contributed by atoms with Crippen LogP contribution in [0.25, 0.3) is 0 Å². The van der Waals surface area contributed by atoms with Crippen LogP contribution in [0.1, 0.15) is 65.4 Å². The molecule has 0 aliphatic heterocycles. The van der Waals surface area contributed by atoms with Crippen LogP contribution in [0.4, 0.5) is 0 Å². The van der Waals surface area contributed by atoms with Crippen molar-refractivity contribution in [2.75, 3.05) is 0 Å². The van der Waals surface area contributed by atoms with Crippen molar-refractivity contribution in [3.63, 3.8) is 0 Å². The van der Waals surface area contributed by atoms with E-state index in [9.17, 15) is 19.5 Å². The van der Waals surface area contributed by atoms with Crippen molar-refractivity contribution in [2.24, 2.45) is 22.7 Å². The summed E-state index contributed by atoms with van der Waals surface area (Å²) in [5, 5.41) is 10.8. The third-order valence-electron chi connectivity index (χ3n) is 6.26. The maximum Gasteiger partial charge on any atom is 0.163 e. The van der Waals surface area contributed by atoms with E-state index in [1.54, 1.807) is 0 Å². The summed E-state index contributed by atoms with van der Waals surface area (Å²) >= 11 is 0. The first-order chi connectivity index (χ1) is 13.5. The summed E-state index contributed by atoms with van der Waals surface area (Å²) in [4.78, 5) is 39.1. The Morgan fingerprint density at radius 2 is 1.45 bits per heavy atom. The van der Waals surface area contributed by atoms with Crippen LogP contribution >= 0.6 is 0 Å².